The number of fused-ring (bicyclic) bond motifs is 2. The second kappa shape index (κ2) is 10.7. The predicted octanol–water partition coefficient (Wildman–Crippen LogP) is 3.72. The van der Waals surface area contributed by atoms with Gasteiger partial charge in [-0.05, 0) is 57.6 Å². The topological polar surface area (TPSA) is 59.0 Å². The number of aliphatic imine (C=N–C) groups is 1. The van der Waals surface area contributed by atoms with Crippen molar-refractivity contribution in [3.63, 3.8) is 0 Å². The summed E-state index contributed by atoms with van der Waals surface area (Å²) in [6.45, 7) is 3.21. The maximum Gasteiger partial charge on any atom is 0.230 e. The van der Waals surface area contributed by atoms with E-state index < -0.39 is 0 Å². The first-order valence-electron chi connectivity index (χ1n) is 10.0. The Morgan fingerprint density at radius 2 is 1.82 bits per heavy atom. The van der Waals surface area contributed by atoms with E-state index in [2.05, 4.69) is 29.3 Å². The largest absolute Gasteiger partial charge is 0.490 e. The molecule has 0 atom stereocenters. The van der Waals surface area contributed by atoms with Crippen LogP contribution in [-0.4, -0.2) is 56.1 Å². The third-order valence-electron chi connectivity index (χ3n) is 4.51. The highest BCUT2D eigenvalue weighted by Gasteiger charge is 2.15. The molecule has 2 aromatic rings. The number of aromatic nitrogens is 1. The van der Waals surface area contributed by atoms with E-state index in [0.717, 1.165) is 62.5 Å². The van der Waals surface area contributed by atoms with Crippen LogP contribution in [0.4, 0.5) is 0 Å². The van der Waals surface area contributed by atoms with Crippen LogP contribution in [0.1, 0.15) is 31.2 Å². The van der Waals surface area contributed by atoms with Crippen molar-refractivity contribution in [2.24, 2.45) is 4.99 Å². The van der Waals surface area contributed by atoms with Gasteiger partial charge in [0.1, 0.15) is 5.84 Å². The number of ether oxygens (including phenoxy) is 2. The molecule has 0 amide bonds. The highest BCUT2D eigenvalue weighted by molar-refractivity contribution is 6.00. The molecule has 1 aromatic heterocycles. The molecule has 0 unspecified atom stereocenters. The first-order valence-corrected chi connectivity index (χ1v) is 10.0. The van der Waals surface area contributed by atoms with Crippen molar-refractivity contribution in [2.45, 2.75) is 25.7 Å². The summed E-state index contributed by atoms with van der Waals surface area (Å²) < 4.78 is 12.1. The molecule has 28 heavy (non-hydrogen) atoms. The second-order valence-electron chi connectivity index (χ2n) is 7.13. The number of nitrogens with zero attached hydrogens (tertiary/aromatic N) is 3. The maximum absolute atomic E-state index is 6.18. The molecule has 1 aliphatic heterocycles. The Morgan fingerprint density at radius 1 is 1.00 bits per heavy atom. The molecule has 0 fully saturated rings. The summed E-state index contributed by atoms with van der Waals surface area (Å²) in [5.74, 6) is 2.79. The van der Waals surface area contributed by atoms with Gasteiger partial charge in [-0.25, -0.2) is 4.98 Å². The molecule has 1 aromatic carbocycles. The summed E-state index contributed by atoms with van der Waals surface area (Å²) in [5.41, 5.74) is 0.869. The zero-order valence-corrected chi connectivity index (χ0v) is 16.9. The van der Waals surface area contributed by atoms with Crippen molar-refractivity contribution >= 4 is 5.84 Å². The Hall–Kier alpha value is -2.60. The number of likely N-dealkylation sites (N-methyl/N-ethyl adjacent to an activating group) is 1. The van der Waals surface area contributed by atoms with Gasteiger partial charge in [-0.15, -0.1) is 0 Å². The van der Waals surface area contributed by atoms with Gasteiger partial charge in [-0.2, -0.15) is 0 Å². The normalized spacial score (nSPS) is 15.3. The molecule has 0 saturated carbocycles. The molecule has 1 aliphatic rings. The Bertz CT molecular complexity index is 777. The lowest BCUT2D eigenvalue weighted by Crippen LogP contribution is -2.32. The molecule has 1 N–H and O–H groups in total. The molecule has 2 heterocycles. The summed E-state index contributed by atoms with van der Waals surface area (Å²) in [7, 11) is 4.12. The minimum absolute atomic E-state index is 0.534. The Kier molecular flexibility index (Phi) is 7.67. The average Bonchev–Trinajstić information content (AvgIpc) is 2.69. The van der Waals surface area contributed by atoms with Crippen LogP contribution in [0.2, 0.25) is 0 Å². The molecule has 6 nitrogen and oxygen atoms in total. The van der Waals surface area contributed by atoms with Crippen molar-refractivity contribution < 1.29 is 9.47 Å². The van der Waals surface area contributed by atoms with Gasteiger partial charge in [0.15, 0.2) is 11.5 Å². The fourth-order valence-electron chi connectivity index (χ4n) is 2.98. The highest BCUT2D eigenvalue weighted by Crippen LogP contribution is 2.32. The van der Waals surface area contributed by atoms with E-state index in [-0.39, 0.29) is 0 Å². The second-order valence-corrected chi connectivity index (χ2v) is 7.13. The Labute approximate surface area is 167 Å². The quantitative estimate of drug-likeness (QED) is 0.877. The molecule has 0 radical (unpaired) electrons. The van der Waals surface area contributed by atoms with Crippen molar-refractivity contribution in [3.05, 3.63) is 48.2 Å². The van der Waals surface area contributed by atoms with E-state index in [1.54, 1.807) is 6.20 Å². The molecule has 0 aliphatic carbocycles. The number of hydrogen-bond acceptors (Lipinski definition) is 6. The molecular formula is C22H30N4O2. The number of para-hydroxylation sites is 2. The van der Waals surface area contributed by atoms with Crippen molar-refractivity contribution in [2.75, 3.05) is 40.3 Å². The van der Waals surface area contributed by atoms with E-state index in [1.165, 1.54) is 0 Å². The van der Waals surface area contributed by atoms with Crippen LogP contribution in [0.5, 0.6) is 17.4 Å². The minimum atomic E-state index is 0.534. The summed E-state index contributed by atoms with van der Waals surface area (Å²) in [6, 6.07) is 11.7. The van der Waals surface area contributed by atoms with Crippen LogP contribution in [0.15, 0.2) is 47.6 Å². The highest BCUT2D eigenvalue weighted by atomic mass is 16.5. The van der Waals surface area contributed by atoms with Crippen molar-refractivity contribution in [3.8, 4) is 17.4 Å². The van der Waals surface area contributed by atoms with Crippen LogP contribution in [0.25, 0.3) is 0 Å². The molecule has 0 spiro atoms. The van der Waals surface area contributed by atoms with E-state index in [9.17, 15) is 0 Å². The number of hydrogen-bond donors (Lipinski definition) is 1. The van der Waals surface area contributed by atoms with Crippen LogP contribution in [-0.2, 0) is 0 Å². The van der Waals surface area contributed by atoms with Gasteiger partial charge in [0.05, 0.1) is 12.2 Å². The Morgan fingerprint density at radius 3 is 2.68 bits per heavy atom. The lowest BCUT2D eigenvalue weighted by atomic mass is 10.2. The van der Waals surface area contributed by atoms with E-state index in [4.69, 9.17) is 14.5 Å². The summed E-state index contributed by atoms with van der Waals surface area (Å²) in [5, 5.41) is 3.47. The van der Waals surface area contributed by atoms with Crippen LogP contribution in [0, 0.1) is 0 Å². The van der Waals surface area contributed by atoms with Crippen molar-refractivity contribution in [1.29, 1.82) is 0 Å². The van der Waals surface area contributed by atoms with Gasteiger partial charge in [0.25, 0.3) is 0 Å². The van der Waals surface area contributed by atoms with E-state index in [0.29, 0.717) is 18.2 Å². The first kappa shape index (κ1) is 20.1. The fraction of sp³-hybridized carbons (Fsp3) is 0.455. The third kappa shape index (κ3) is 5.96. The van der Waals surface area contributed by atoms with Gasteiger partial charge in [0.2, 0.25) is 5.88 Å². The summed E-state index contributed by atoms with van der Waals surface area (Å²) in [4.78, 5) is 11.5. The fourth-order valence-corrected chi connectivity index (χ4v) is 2.98. The SMILES string of the molecule is CN(C)CCNC1=NCCCCCCOc2ccccc2Oc2ncccc21. The third-order valence-corrected chi connectivity index (χ3v) is 4.51. The average molecular weight is 383 g/mol. The van der Waals surface area contributed by atoms with E-state index >= 15 is 0 Å². The number of rotatable bonds is 3. The smallest absolute Gasteiger partial charge is 0.230 e. The molecule has 0 saturated heterocycles. The standard InChI is InChI=1S/C22H30N4O2/c1-26(2)16-15-24-21-18-10-9-14-25-22(18)28-20-12-6-5-11-19(20)27-17-8-4-3-7-13-23-21/h5-6,9-12,14H,3-4,7-8,13,15-17H2,1-2H3,(H,23,24). The zero-order chi connectivity index (χ0) is 19.6. The zero-order valence-electron chi connectivity index (χ0n) is 16.9. The molecule has 150 valence electrons. The van der Waals surface area contributed by atoms with Gasteiger partial charge < -0.3 is 19.7 Å². The first-order chi connectivity index (χ1) is 13.7. The predicted molar refractivity (Wildman–Crippen MR) is 113 cm³/mol. The minimum Gasteiger partial charge on any atom is -0.490 e. The molecule has 0 bridgehead atoms. The maximum atomic E-state index is 6.18. The number of pyridine rings is 1. The van der Waals surface area contributed by atoms with Gasteiger partial charge in [-0.1, -0.05) is 18.6 Å². The molecule has 3 rings (SSSR count). The Balaban J connectivity index is 1.91. The molecular weight excluding hydrogens is 352 g/mol. The number of nitrogens with one attached hydrogen (secondary N) is 1. The lowest BCUT2D eigenvalue weighted by molar-refractivity contribution is 0.290. The number of amidine groups is 1. The van der Waals surface area contributed by atoms with Gasteiger partial charge >= 0.3 is 0 Å². The lowest BCUT2D eigenvalue weighted by Gasteiger charge is -2.17. The van der Waals surface area contributed by atoms with Crippen LogP contribution >= 0.6 is 0 Å². The monoisotopic (exact) mass is 382 g/mol. The van der Waals surface area contributed by atoms with Crippen molar-refractivity contribution in [1.82, 2.24) is 15.2 Å². The molecule has 6 heteroatoms. The summed E-state index contributed by atoms with van der Waals surface area (Å²) in [6.07, 6.45) is 6.12. The van der Waals surface area contributed by atoms with Crippen LogP contribution in [0.3, 0.4) is 0 Å². The van der Waals surface area contributed by atoms with Crippen LogP contribution < -0.4 is 14.8 Å². The van der Waals surface area contributed by atoms with Gasteiger partial charge in [-0.3, -0.25) is 4.99 Å². The summed E-state index contributed by atoms with van der Waals surface area (Å²) >= 11 is 0. The van der Waals surface area contributed by atoms with E-state index in [1.807, 2.05) is 36.4 Å². The number of benzene rings is 1. The van der Waals surface area contributed by atoms with Gasteiger partial charge in [0, 0.05) is 25.8 Å².